The minimum absolute atomic E-state index is 0.0220. The maximum atomic E-state index is 11.4. The monoisotopic (exact) mass is 477 g/mol. The van der Waals surface area contributed by atoms with Crippen molar-refractivity contribution in [2.24, 2.45) is 0 Å². The van der Waals surface area contributed by atoms with Crippen LogP contribution in [0.3, 0.4) is 0 Å². The highest BCUT2D eigenvalue weighted by Crippen LogP contribution is 2.49. The van der Waals surface area contributed by atoms with Gasteiger partial charge in [0.05, 0.1) is 16.8 Å². The Kier molecular flexibility index (Phi) is 6.58. The van der Waals surface area contributed by atoms with Gasteiger partial charge in [-0.2, -0.15) is 4.98 Å². The maximum Gasteiger partial charge on any atom is 0.328 e. The van der Waals surface area contributed by atoms with Crippen LogP contribution in [0.4, 0.5) is 5.69 Å². The van der Waals surface area contributed by atoms with Gasteiger partial charge in [-0.1, -0.05) is 16.8 Å². The summed E-state index contributed by atoms with van der Waals surface area (Å²) in [6.45, 7) is 3.87. The molecule has 2 atom stereocenters. The molecule has 2 aromatic carbocycles. The van der Waals surface area contributed by atoms with Crippen molar-refractivity contribution in [1.29, 1.82) is 0 Å². The second-order valence-corrected chi connectivity index (χ2v) is 10.5. The summed E-state index contributed by atoms with van der Waals surface area (Å²) in [5.41, 5.74) is 1.80. The fraction of sp³-hybridized carbons (Fsp3) is 0.364. The summed E-state index contributed by atoms with van der Waals surface area (Å²) < 4.78 is 22.5. The van der Waals surface area contributed by atoms with Gasteiger partial charge in [0, 0.05) is 22.9 Å². The fourth-order valence-corrected chi connectivity index (χ4v) is 5.03. The fourth-order valence-electron chi connectivity index (χ4n) is 3.79. The van der Waals surface area contributed by atoms with E-state index in [0.29, 0.717) is 35.3 Å². The first-order valence-electron chi connectivity index (χ1n) is 10.4. The highest BCUT2D eigenvalue weighted by atomic mass is 35.5. The van der Waals surface area contributed by atoms with Crippen LogP contribution in [0.1, 0.15) is 33.1 Å². The Morgan fingerprint density at radius 3 is 2.50 bits per heavy atom. The van der Waals surface area contributed by atoms with Gasteiger partial charge >= 0.3 is 7.60 Å². The average Bonchev–Trinajstić information content (AvgIpc) is 3.40. The number of anilines is 1. The molecule has 1 fully saturated rings. The van der Waals surface area contributed by atoms with E-state index in [1.807, 2.05) is 44.2 Å². The Balaban J connectivity index is 1.43. The number of halogens is 1. The van der Waals surface area contributed by atoms with Crippen LogP contribution in [0.25, 0.3) is 22.8 Å². The topological polar surface area (TPSA) is 118 Å². The molecule has 1 aliphatic carbocycles. The lowest BCUT2D eigenvalue weighted by atomic mass is 10.1. The third-order valence-corrected chi connectivity index (χ3v) is 7.08. The maximum absolute atomic E-state index is 11.4. The van der Waals surface area contributed by atoms with Gasteiger partial charge in [0.2, 0.25) is 5.82 Å². The van der Waals surface area contributed by atoms with Crippen molar-refractivity contribution in [2.45, 2.75) is 50.9 Å². The van der Waals surface area contributed by atoms with Crippen LogP contribution >= 0.6 is 19.2 Å². The highest BCUT2D eigenvalue weighted by molar-refractivity contribution is 7.52. The van der Waals surface area contributed by atoms with Crippen LogP contribution in [-0.4, -0.2) is 37.7 Å². The van der Waals surface area contributed by atoms with E-state index in [2.05, 4.69) is 15.5 Å². The van der Waals surface area contributed by atoms with Crippen LogP contribution in [0.5, 0.6) is 5.75 Å². The van der Waals surface area contributed by atoms with Gasteiger partial charge in [0.25, 0.3) is 5.89 Å². The third kappa shape index (κ3) is 5.33. The molecule has 0 bridgehead atoms. The first-order valence-corrected chi connectivity index (χ1v) is 12.5. The Hall–Kier alpha value is -2.38. The van der Waals surface area contributed by atoms with Crippen LogP contribution in [-0.2, 0) is 4.57 Å². The average molecular weight is 478 g/mol. The van der Waals surface area contributed by atoms with Gasteiger partial charge in [-0.15, -0.1) is 0 Å². The zero-order chi connectivity index (χ0) is 22.9. The summed E-state index contributed by atoms with van der Waals surface area (Å²) in [6.07, 6.45) is 1.74. The van der Waals surface area contributed by atoms with Crippen LogP contribution in [0.15, 0.2) is 47.0 Å². The van der Waals surface area contributed by atoms with Crippen molar-refractivity contribution in [3.05, 3.63) is 47.5 Å². The molecule has 1 aromatic heterocycles. The lowest BCUT2D eigenvalue weighted by molar-refractivity contribution is 0.242. The molecule has 0 amide bonds. The van der Waals surface area contributed by atoms with Crippen molar-refractivity contribution in [3.63, 3.8) is 0 Å². The molecule has 10 heteroatoms. The molecule has 0 aliphatic heterocycles. The Morgan fingerprint density at radius 2 is 1.88 bits per heavy atom. The molecule has 8 nitrogen and oxygen atoms in total. The number of hydrogen-bond donors (Lipinski definition) is 3. The standard InChI is InChI=1S/C22H25ClN3O5P/c1-13(2)30-20-10-5-15(11-19(20)23)21-25-22(31-26-21)14-3-6-16(7-4-14)24-17-8-9-18(12-17)32(27,28)29/h3-7,10-11,13,17-18,24H,8-9,12H2,1-2H3,(H2,27,28,29)/t17-,18?/m0/s1. The second kappa shape index (κ2) is 9.24. The van der Waals surface area contributed by atoms with Crippen LogP contribution in [0, 0.1) is 0 Å². The van der Waals surface area contributed by atoms with Crippen LogP contribution < -0.4 is 10.1 Å². The van der Waals surface area contributed by atoms with Crippen molar-refractivity contribution in [2.75, 3.05) is 5.32 Å². The minimum atomic E-state index is -4.02. The molecular weight excluding hydrogens is 453 g/mol. The number of aromatic nitrogens is 2. The zero-order valence-electron chi connectivity index (χ0n) is 17.7. The third-order valence-electron chi connectivity index (χ3n) is 5.36. The summed E-state index contributed by atoms with van der Waals surface area (Å²) in [5.74, 6) is 1.41. The van der Waals surface area contributed by atoms with Crippen molar-refractivity contribution < 1.29 is 23.6 Å². The Morgan fingerprint density at radius 1 is 1.16 bits per heavy atom. The van der Waals surface area contributed by atoms with Gasteiger partial charge < -0.3 is 24.4 Å². The van der Waals surface area contributed by atoms with E-state index in [1.165, 1.54) is 0 Å². The van der Waals surface area contributed by atoms with E-state index in [1.54, 1.807) is 12.1 Å². The van der Waals surface area contributed by atoms with E-state index in [0.717, 1.165) is 23.2 Å². The molecule has 0 saturated heterocycles. The van der Waals surface area contributed by atoms with E-state index < -0.39 is 13.3 Å². The zero-order valence-corrected chi connectivity index (χ0v) is 19.4. The summed E-state index contributed by atoms with van der Waals surface area (Å²) in [4.78, 5) is 23.2. The SMILES string of the molecule is CC(C)Oc1ccc(-c2noc(-c3ccc(N[C@H]4CCC(P(=O)(O)O)C4)cc3)n2)cc1Cl. The molecule has 3 N–H and O–H groups in total. The molecule has 3 aromatic rings. The summed E-state index contributed by atoms with van der Waals surface area (Å²) >= 11 is 6.31. The largest absolute Gasteiger partial charge is 0.489 e. The normalized spacial score (nSPS) is 18.8. The van der Waals surface area contributed by atoms with Gasteiger partial charge in [0.15, 0.2) is 0 Å². The summed E-state index contributed by atoms with van der Waals surface area (Å²) in [7, 11) is -4.02. The highest BCUT2D eigenvalue weighted by Gasteiger charge is 2.36. The molecule has 170 valence electrons. The van der Waals surface area contributed by atoms with Gasteiger partial charge in [-0.25, -0.2) is 0 Å². The van der Waals surface area contributed by atoms with Gasteiger partial charge in [0.1, 0.15) is 5.75 Å². The quantitative estimate of drug-likeness (QED) is 0.389. The molecular formula is C22H25ClN3O5P. The second-order valence-electron chi connectivity index (χ2n) is 8.21. The number of benzene rings is 2. The van der Waals surface area contributed by atoms with E-state index in [9.17, 15) is 14.4 Å². The number of nitrogens with one attached hydrogen (secondary N) is 1. The molecule has 1 saturated carbocycles. The first-order chi connectivity index (χ1) is 15.2. The van der Waals surface area contributed by atoms with Crippen molar-refractivity contribution in [1.82, 2.24) is 10.1 Å². The predicted molar refractivity (Wildman–Crippen MR) is 123 cm³/mol. The van der Waals surface area contributed by atoms with Gasteiger partial charge in [-0.3, -0.25) is 4.57 Å². The van der Waals surface area contributed by atoms with Crippen LogP contribution in [0.2, 0.25) is 5.02 Å². The molecule has 32 heavy (non-hydrogen) atoms. The van der Waals surface area contributed by atoms with Crippen molar-refractivity contribution >= 4 is 24.9 Å². The molecule has 0 spiro atoms. The lowest BCUT2D eigenvalue weighted by Crippen LogP contribution is -2.16. The molecule has 1 unspecified atom stereocenters. The molecule has 1 heterocycles. The number of ether oxygens (including phenoxy) is 1. The summed E-state index contributed by atoms with van der Waals surface area (Å²) in [6, 6.07) is 12.9. The molecule has 1 aliphatic rings. The number of rotatable bonds is 7. The van der Waals surface area contributed by atoms with E-state index in [-0.39, 0.29) is 12.1 Å². The van der Waals surface area contributed by atoms with E-state index in [4.69, 9.17) is 20.9 Å². The Bertz CT molecular complexity index is 1130. The smallest absolute Gasteiger partial charge is 0.328 e. The molecule has 4 rings (SSSR count). The Labute approximate surface area is 191 Å². The van der Waals surface area contributed by atoms with E-state index >= 15 is 0 Å². The minimum Gasteiger partial charge on any atom is -0.489 e. The van der Waals surface area contributed by atoms with Gasteiger partial charge in [-0.05, 0) is 75.6 Å². The summed E-state index contributed by atoms with van der Waals surface area (Å²) in [5, 5.41) is 7.88. The number of nitrogens with zero attached hydrogens (tertiary/aromatic N) is 2. The first kappa shape index (κ1) is 22.8. The lowest BCUT2D eigenvalue weighted by Gasteiger charge is -2.15. The predicted octanol–water partition coefficient (Wildman–Crippen LogP) is 5.35. The molecule has 0 radical (unpaired) electrons. The van der Waals surface area contributed by atoms with Crippen molar-refractivity contribution in [3.8, 4) is 28.6 Å². The number of hydrogen-bond acceptors (Lipinski definition) is 6.